The number of hydrogen-bond acceptors (Lipinski definition) is 5. The maximum absolute atomic E-state index is 5.64. The quantitative estimate of drug-likeness (QED) is 0.545. The van der Waals surface area contributed by atoms with E-state index in [1.54, 1.807) is 0 Å². The number of hydrogen-bond donors (Lipinski definition) is 2. The standard InChI is InChI=1S/C19H31N5O2/c1-20-19(22-8-5-17-4-2-3-7-21-17)23-14-18(16-6-11-26-15-16)24-9-12-25-13-10-24/h2-4,7,16,18H,5-6,8-15H2,1H3,(H2,20,22,23). The Labute approximate surface area is 156 Å². The van der Waals surface area contributed by atoms with Gasteiger partial charge in [0.25, 0.3) is 0 Å². The fourth-order valence-electron chi connectivity index (χ4n) is 3.64. The zero-order chi connectivity index (χ0) is 18.0. The third-order valence-electron chi connectivity index (χ3n) is 5.13. The molecule has 26 heavy (non-hydrogen) atoms. The van der Waals surface area contributed by atoms with E-state index in [2.05, 4.69) is 25.5 Å². The molecule has 144 valence electrons. The van der Waals surface area contributed by atoms with Crippen molar-refractivity contribution in [2.24, 2.45) is 10.9 Å². The van der Waals surface area contributed by atoms with Gasteiger partial charge in [-0.1, -0.05) is 6.07 Å². The van der Waals surface area contributed by atoms with E-state index >= 15 is 0 Å². The van der Waals surface area contributed by atoms with Crippen LogP contribution in [-0.4, -0.2) is 81.5 Å². The predicted molar refractivity (Wildman–Crippen MR) is 102 cm³/mol. The molecule has 1 aromatic heterocycles. The van der Waals surface area contributed by atoms with Crippen molar-refractivity contribution in [2.75, 3.05) is 59.7 Å². The van der Waals surface area contributed by atoms with Crippen LogP contribution in [0.25, 0.3) is 0 Å². The second-order valence-electron chi connectivity index (χ2n) is 6.79. The van der Waals surface area contributed by atoms with Crippen molar-refractivity contribution in [3.8, 4) is 0 Å². The molecule has 0 saturated carbocycles. The first-order valence-corrected chi connectivity index (χ1v) is 9.61. The summed E-state index contributed by atoms with van der Waals surface area (Å²) in [6, 6.07) is 6.46. The van der Waals surface area contributed by atoms with Gasteiger partial charge < -0.3 is 20.1 Å². The third kappa shape index (κ3) is 5.65. The van der Waals surface area contributed by atoms with Crippen LogP contribution in [0.1, 0.15) is 12.1 Å². The molecule has 0 radical (unpaired) electrons. The monoisotopic (exact) mass is 361 g/mol. The Morgan fingerprint density at radius 3 is 2.85 bits per heavy atom. The van der Waals surface area contributed by atoms with Crippen molar-refractivity contribution >= 4 is 5.96 Å². The van der Waals surface area contributed by atoms with Crippen LogP contribution in [0.15, 0.2) is 29.4 Å². The van der Waals surface area contributed by atoms with E-state index in [4.69, 9.17) is 9.47 Å². The SMILES string of the molecule is CN=C(NCCc1ccccn1)NCC(C1CCOC1)N1CCOCC1. The van der Waals surface area contributed by atoms with Crippen LogP contribution in [0.2, 0.25) is 0 Å². The van der Waals surface area contributed by atoms with Crippen molar-refractivity contribution in [1.29, 1.82) is 0 Å². The van der Waals surface area contributed by atoms with E-state index < -0.39 is 0 Å². The minimum absolute atomic E-state index is 0.454. The Hall–Kier alpha value is -1.70. The average molecular weight is 361 g/mol. The summed E-state index contributed by atoms with van der Waals surface area (Å²) in [5.41, 5.74) is 1.09. The number of rotatable bonds is 7. The third-order valence-corrected chi connectivity index (χ3v) is 5.13. The minimum atomic E-state index is 0.454. The molecule has 2 aliphatic rings. The van der Waals surface area contributed by atoms with Gasteiger partial charge in [0.05, 0.1) is 19.8 Å². The molecule has 0 amide bonds. The van der Waals surface area contributed by atoms with E-state index in [1.807, 2.05) is 31.4 Å². The highest BCUT2D eigenvalue weighted by molar-refractivity contribution is 5.79. The summed E-state index contributed by atoms with van der Waals surface area (Å²) >= 11 is 0. The number of nitrogens with one attached hydrogen (secondary N) is 2. The van der Waals surface area contributed by atoms with Crippen LogP contribution in [0.4, 0.5) is 0 Å². The van der Waals surface area contributed by atoms with Crippen LogP contribution in [0.5, 0.6) is 0 Å². The molecule has 2 saturated heterocycles. The largest absolute Gasteiger partial charge is 0.381 e. The van der Waals surface area contributed by atoms with Gasteiger partial charge in [0, 0.05) is 70.1 Å². The van der Waals surface area contributed by atoms with Crippen molar-refractivity contribution < 1.29 is 9.47 Å². The summed E-state index contributed by atoms with van der Waals surface area (Å²) in [5.74, 6) is 1.42. The molecule has 3 rings (SSSR count). The molecule has 0 bridgehead atoms. The number of aliphatic imine (C=N–C) groups is 1. The highest BCUT2D eigenvalue weighted by Crippen LogP contribution is 2.21. The molecule has 7 nitrogen and oxygen atoms in total. The molecular formula is C19H31N5O2. The number of guanidine groups is 1. The van der Waals surface area contributed by atoms with Crippen LogP contribution >= 0.6 is 0 Å². The van der Waals surface area contributed by atoms with Gasteiger partial charge in [-0.15, -0.1) is 0 Å². The van der Waals surface area contributed by atoms with Gasteiger partial charge in [0.1, 0.15) is 0 Å². The van der Waals surface area contributed by atoms with Crippen LogP contribution in [0.3, 0.4) is 0 Å². The molecular weight excluding hydrogens is 330 g/mol. The number of aromatic nitrogens is 1. The van der Waals surface area contributed by atoms with E-state index in [0.717, 1.165) is 77.1 Å². The van der Waals surface area contributed by atoms with Gasteiger partial charge in [-0.05, 0) is 18.6 Å². The summed E-state index contributed by atoms with van der Waals surface area (Å²) in [5, 5.41) is 6.90. The zero-order valence-corrected chi connectivity index (χ0v) is 15.7. The normalized spacial score (nSPS) is 23.0. The molecule has 2 unspecified atom stereocenters. The van der Waals surface area contributed by atoms with Crippen LogP contribution in [0, 0.1) is 5.92 Å². The summed E-state index contributed by atoms with van der Waals surface area (Å²) in [6.45, 7) is 7.05. The van der Waals surface area contributed by atoms with Gasteiger partial charge in [-0.25, -0.2) is 0 Å². The molecule has 2 N–H and O–H groups in total. The molecule has 0 aromatic carbocycles. The Morgan fingerprint density at radius 2 is 2.15 bits per heavy atom. The Kier molecular flexibility index (Phi) is 7.66. The summed E-state index contributed by atoms with van der Waals surface area (Å²) in [4.78, 5) is 11.3. The van der Waals surface area contributed by atoms with E-state index in [0.29, 0.717) is 12.0 Å². The average Bonchev–Trinajstić information content (AvgIpc) is 3.23. The lowest BCUT2D eigenvalue weighted by atomic mass is 9.97. The second-order valence-corrected chi connectivity index (χ2v) is 6.79. The first-order chi connectivity index (χ1) is 12.9. The lowest BCUT2D eigenvalue weighted by molar-refractivity contribution is 0.00247. The second kappa shape index (κ2) is 10.4. The van der Waals surface area contributed by atoms with Crippen LogP contribution < -0.4 is 10.6 Å². The maximum Gasteiger partial charge on any atom is 0.191 e. The fourth-order valence-corrected chi connectivity index (χ4v) is 3.64. The molecule has 2 atom stereocenters. The first-order valence-electron chi connectivity index (χ1n) is 9.61. The predicted octanol–water partition coefficient (Wildman–Crippen LogP) is 0.526. The molecule has 0 aliphatic carbocycles. The number of morpholine rings is 1. The van der Waals surface area contributed by atoms with Crippen molar-refractivity contribution in [2.45, 2.75) is 18.9 Å². The summed E-state index contributed by atoms with van der Waals surface area (Å²) < 4.78 is 11.2. The molecule has 7 heteroatoms. The van der Waals surface area contributed by atoms with Gasteiger partial charge >= 0.3 is 0 Å². The van der Waals surface area contributed by atoms with Crippen molar-refractivity contribution in [1.82, 2.24) is 20.5 Å². The minimum Gasteiger partial charge on any atom is -0.381 e. The Balaban J connectivity index is 1.47. The van der Waals surface area contributed by atoms with Gasteiger partial charge in [-0.3, -0.25) is 14.9 Å². The zero-order valence-electron chi connectivity index (χ0n) is 15.7. The number of nitrogens with zero attached hydrogens (tertiary/aromatic N) is 3. The molecule has 2 fully saturated rings. The Bertz CT molecular complexity index is 542. The number of ether oxygens (including phenoxy) is 2. The highest BCUT2D eigenvalue weighted by Gasteiger charge is 2.31. The van der Waals surface area contributed by atoms with E-state index in [-0.39, 0.29) is 0 Å². The molecule has 0 spiro atoms. The molecule has 2 aliphatic heterocycles. The summed E-state index contributed by atoms with van der Waals surface area (Å²) in [7, 11) is 1.82. The topological polar surface area (TPSA) is 71.0 Å². The fraction of sp³-hybridized carbons (Fsp3) is 0.684. The Morgan fingerprint density at radius 1 is 1.27 bits per heavy atom. The number of pyridine rings is 1. The summed E-state index contributed by atoms with van der Waals surface area (Å²) in [6.07, 6.45) is 3.85. The van der Waals surface area contributed by atoms with E-state index in [1.165, 1.54) is 0 Å². The van der Waals surface area contributed by atoms with Gasteiger partial charge in [0.2, 0.25) is 0 Å². The highest BCUT2D eigenvalue weighted by atomic mass is 16.5. The van der Waals surface area contributed by atoms with Crippen molar-refractivity contribution in [3.05, 3.63) is 30.1 Å². The molecule has 3 heterocycles. The lowest BCUT2D eigenvalue weighted by Crippen LogP contribution is -2.53. The van der Waals surface area contributed by atoms with Crippen molar-refractivity contribution in [3.63, 3.8) is 0 Å². The first kappa shape index (κ1) is 19.1. The molecule has 1 aromatic rings. The van der Waals surface area contributed by atoms with Gasteiger partial charge in [-0.2, -0.15) is 0 Å². The maximum atomic E-state index is 5.64. The lowest BCUT2D eigenvalue weighted by Gasteiger charge is -2.37. The van der Waals surface area contributed by atoms with E-state index in [9.17, 15) is 0 Å². The smallest absolute Gasteiger partial charge is 0.191 e. The van der Waals surface area contributed by atoms with Gasteiger partial charge in [0.15, 0.2) is 5.96 Å². The van der Waals surface area contributed by atoms with Crippen LogP contribution in [-0.2, 0) is 15.9 Å².